The Hall–Kier alpha value is -2.08. The molecule has 2 aromatic rings. The van der Waals surface area contributed by atoms with Crippen LogP contribution in [0.4, 0.5) is 0 Å². The van der Waals surface area contributed by atoms with Crippen molar-refractivity contribution < 1.29 is 9.90 Å². The second-order valence-corrected chi connectivity index (χ2v) is 5.25. The molecule has 0 radical (unpaired) electrons. The predicted octanol–water partition coefficient (Wildman–Crippen LogP) is 0.566. The van der Waals surface area contributed by atoms with Gasteiger partial charge in [0.2, 0.25) is 0 Å². The van der Waals surface area contributed by atoms with Gasteiger partial charge in [-0.2, -0.15) is 5.10 Å². The molecule has 0 bridgehead atoms. The minimum atomic E-state index is -0.474. The van der Waals surface area contributed by atoms with Gasteiger partial charge >= 0.3 is 0 Å². The van der Waals surface area contributed by atoms with Crippen LogP contribution in [0.5, 0.6) is 0 Å². The molecule has 1 saturated heterocycles. The van der Waals surface area contributed by atoms with Crippen molar-refractivity contribution in [2.24, 2.45) is 7.05 Å². The van der Waals surface area contributed by atoms with Crippen molar-refractivity contribution in [3.8, 4) is 0 Å². The van der Waals surface area contributed by atoms with Crippen LogP contribution in [0, 0.1) is 0 Å². The maximum Gasteiger partial charge on any atom is 0.255 e. The fourth-order valence-electron chi connectivity index (χ4n) is 2.78. The zero-order valence-electron chi connectivity index (χ0n) is 11.4. The molecule has 106 valence electrons. The number of nitrogens with zero attached hydrogens (tertiary/aromatic N) is 3. The molecule has 2 atom stereocenters. The van der Waals surface area contributed by atoms with Crippen molar-refractivity contribution in [2.75, 3.05) is 6.54 Å². The lowest BCUT2D eigenvalue weighted by molar-refractivity contribution is 0.0640. The van der Waals surface area contributed by atoms with E-state index >= 15 is 0 Å². The van der Waals surface area contributed by atoms with Crippen LogP contribution in [0.25, 0.3) is 0 Å². The summed E-state index contributed by atoms with van der Waals surface area (Å²) in [5, 5.41) is 14.3. The monoisotopic (exact) mass is 274 g/mol. The van der Waals surface area contributed by atoms with Crippen LogP contribution in [-0.4, -0.2) is 49.4 Å². The van der Waals surface area contributed by atoms with Crippen molar-refractivity contribution in [1.82, 2.24) is 19.7 Å². The Kier molecular flexibility index (Phi) is 3.31. The molecule has 2 aromatic heterocycles. The lowest BCUT2D eigenvalue weighted by Gasteiger charge is -2.25. The molecule has 2 N–H and O–H groups in total. The average molecular weight is 274 g/mol. The number of carbonyl (C=O) groups is 1. The molecule has 3 rings (SSSR count). The number of aromatic amines is 1. The molecule has 0 unspecified atom stereocenters. The van der Waals surface area contributed by atoms with Gasteiger partial charge in [-0.3, -0.25) is 9.48 Å². The Labute approximate surface area is 117 Å². The normalized spacial score (nSPS) is 22.4. The summed E-state index contributed by atoms with van der Waals surface area (Å²) in [4.78, 5) is 17.1. The Balaban J connectivity index is 1.78. The quantitative estimate of drug-likeness (QED) is 0.859. The molecule has 1 amide bonds. The molecule has 0 aliphatic carbocycles. The third-order valence-electron chi connectivity index (χ3n) is 3.82. The number of aromatic nitrogens is 3. The first kappa shape index (κ1) is 12.9. The number of carbonyl (C=O) groups excluding carboxylic acids is 1. The predicted molar refractivity (Wildman–Crippen MR) is 73.2 cm³/mol. The maximum absolute atomic E-state index is 12.4. The van der Waals surface area contributed by atoms with Gasteiger partial charge < -0.3 is 15.0 Å². The summed E-state index contributed by atoms with van der Waals surface area (Å²) >= 11 is 0. The minimum Gasteiger partial charge on any atom is -0.391 e. The number of aliphatic hydroxyl groups excluding tert-OH is 1. The minimum absolute atomic E-state index is 0.0308. The molecule has 3 heterocycles. The smallest absolute Gasteiger partial charge is 0.255 e. The van der Waals surface area contributed by atoms with E-state index < -0.39 is 6.10 Å². The molecule has 1 fully saturated rings. The topological polar surface area (TPSA) is 74.2 Å². The SMILES string of the molecule is Cn1cc(C[C@H]2[C@@H](O)CCN2C(=O)c2cc[nH]c2)cn1. The summed E-state index contributed by atoms with van der Waals surface area (Å²) in [6.45, 7) is 0.593. The summed E-state index contributed by atoms with van der Waals surface area (Å²) in [7, 11) is 1.86. The summed E-state index contributed by atoms with van der Waals surface area (Å²) < 4.78 is 1.73. The first-order valence-electron chi connectivity index (χ1n) is 6.74. The van der Waals surface area contributed by atoms with Crippen molar-refractivity contribution in [3.05, 3.63) is 42.0 Å². The highest BCUT2D eigenvalue weighted by molar-refractivity contribution is 5.94. The molecular formula is C14H18N4O2. The van der Waals surface area contributed by atoms with E-state index in [2.05, 4.69) is 10.1 Å². The number of nitrogens with one attached hydrogen (secondary N) is 1. The van der Waals surface area contributed by atoms with E-state index in [1.54, 1.807) is 34.2 Å². The van der Waals surface area contributed by atoms with E-state index in [4.69, 9.17) is 0 Å². The highest BCUT2D eigenvalue weighted by Gasteiger charge is 2.36. The summed E-state index contributed by atoms with van der Waals surface area (Å²) in [6, 6.07) is 1.58. The number of H-pyrrole nitrogens is 1. The van der Waals surface area contributed by atoms with E-state index in [1.807, 2.05) is 13.2 Å². The fourth-order valence-corrected chi connectivity index (χ4v) is 2.78. The van der Waals surface area contributed by atoms with Gasteiger partial charge in [0.1, 0.15) is 0 Å². The highest BCUT2D eigenvalue weighted by atomic mass is 16.3. The van der Waals surface area contributed by atoms with Crippen LogP contribution in [-0.2, 0) is 13.5 Å². The van der Waals surface area contributed by atoms with Crippen LogP contribution in [0.2, 0.25) is 0 Å². The molecule has 1 aliphatic heterocycles. The molecule has 0 aromatic carbocycles. The van der Waals surface area contributed by atoms with Gasteiger partial charge in [-0.1, -0.05) is 0 Å². The van der Waals surface area contributed by atoms with E-state index in [-0.39, 0.29) is 11.9 Å². The van der Waals surface area contributed by atoms with Gasteiger partial charge in [-0.15, -0.1) is 0 Å². The summed E-state index contributed by atoms with van der Waals surface area (Å²) in [5.41, 5.74) is 1.67. The standard InChI is InChI=1S/C14H18N4O2/c1-17-9-10(7-16-17)6-12-13(19)3-5-18(12)14(20)11-2-4-15-8-11/h2,4,7-9,12-13,15,19H,3,5-6H2,1H3/t12-,13-/m0/s1. The Bertz CT molecular complexity index is 590. The van der Waals surface area contributed by atoms with Crippen LogP contribution in [0.1, 0.15) is 22.3 Å². The third kappa shape index (κ3) is 2.34. The number of amides is 1. The fraction of sp³-hybridized carbons (Fsp3) is 0.429. The van der Waals surface area contributed by atoms with Gasteiger partial charge in [0, 0.05) is 32.2 Å². The lowest BCUT2D eigenvalue weighted by atomic mass is 10.0. The van der Waals surface area contributed by atoms with Gasteiger partial charge in [0.15, 0.2) is 0 Å². The zero-order chi connectivity index (χ0) is 14.1. The number of hydrogen-bond acceptors (Lipinski definition) is 3. The lowest BCUT2D eigenvalue weighted by Crippen LogP contribution is -2.40. The van der Waals surface area contributed by atoms with Crippen LogP contribution >= 0.6 is 0 Å². The Morgan fingerprint density at radius 1 is 1.60 bits per heavy atom. The van der Waals surface area contributed by atoms with Crippen molar-refractivity contribution >= 4 is 5.91 Å². The van der Waals surface area contributed by atoms with Gasteiger partial charge in [0.25, 0.3) is 5.91 Å². The number of rotatable bonds is 3. The second-order valence-electron chi connectivity index (χ2n) is 5.25. The summed E-state index contributed by atoms with van der Waals surface area (Å²) in [6.07, 6.45) is 7.91. The van der Waals surface area contributed by atoms with Crippen molar-refractivity contribution in [1.29, 1.82) is 0 Å². The van der Waals surface area contributed by atoms with Gasteiger partial charge in [-0.25, -0.2) is 0 Å². The Morgan fingerprint density at radius 2 is 2.45 bits per heavy atom. The largest absolute Gasteiger partial charge is 0.391 e. The number of hydrogen-bond donors (Lipinski definition) is 2. The highest BCUT2D eigenvalue weighted by Crippen LogP contribution is 2.23. The molecule has 6 nitrogen and oxygen atoms in total. The van der Waals surface area contributed by atoms with Gasteiger partial charge in [-0.05, 0) is 24.5 Å². The van der Waals surface area contributed by atoms with E-state index in [0.29, 0.717) is 24.9 Å². The maximum atomic E-state index is 12.4. The van der Waals surface area contributed by atoms with Crippen LogP contribution in [0.3, 0.4) is 0 Å². The van der Waals surface area contributed by atoms with Gasteiger partial charge in [0.05, 0.1) is 23.9 Å². The van der Waals surface area contributed by atoms with Crippen LogP contribution < -0.4 is 0 Å². The van der Waals surface area contributed by atoms with E-state index in [1.165, 1.54) is 0 Å². The van der Waals surface area contributed by atoms with Crippen molar-refractivity contribution in [2.45, 2.75) is 25.0 Å². The van der Waals surface area contributed by atoms with Crippen LogP contribution in [0.15, 0.2) is 30.9 Å². The molecule has 20 heavy (non-hydrogen) atoms. The summed E-state index contributed by atoms with van der Waals surface area (Å²) in [5.74, 6) is -0.0308. The number of aliphatic hydroxyl groups is 1. The molecule has 0 spiro atoms. The first-order valence-corrected chi connectivity index (χ1v) is 6.74. The molecule has 1 aliphatic rings. The average Bonchev–Trinajstić information content (AvgIpc) is 3.13. The molecular weight excluding hydrogens is 256 g/mol. The molecule has 0 saturated carbocycles. The zero-order valence-corrected chi connectivity index (χ0v) is 11.4. The second kappa shape index (κ2) is 5.13. The Morgan fingerprint density at radius 3 is 3.10 bits per heavy atom. The molecule has 6 heteroatoms. The number of aryl methyl sites for hydroxylation is 1. The first-order chi connectivity index (χ1) is 9.65. The number of likely N-dealkylation sites (tertiary alicyclic amines) is 1. The van der Waals surface area contributed by atoms with E-state index in [9.17, 15) is 9.90 Å². The van der Waals surface area contributed by atoms with Crippen molar-refractivity contribution in [3.63, 3.8) is 0 Å². The van der Waals surface area contributed by atoms with E-state index in [0.717, 1.165) is 5.56 Å². The third-order valence-corrected chi connectivity index (χ3v) is 3.82.